The molecule has 94 valence electrons. The maximum atomic E-state index is 10.3. The quantitative estimate of drug-likeness (QED) is 0.479. The molecular weight excluding hydrogens is 216 g/mol. The number of anilines is 2. The fraction of sp³-hybridized carbons (Fsp3) is 0.462. The van der Waals surface area contributed by atoms with E-state index in [0.29, 0.717) is 0 Å². The van der Waals surface area contributed by atoms with Crippen molar-refractivity contribution in [3.63, 3.8) is 0 Å². The van der Waals surface area contributed by atoms with Crippen LogP contribution in [0.3, 0.4) is 0 Å². The summed E-state index contributed by atoms with van der Waals surface area (Å²) < 4.78 is 0. The minimum atomic E-state index is -0.708. The highest BCUT2D eigenvalue weighted by molar-refractivity contribution is 5.66. The molecule has 0 unspecified atom stereocenters. The number of carboxylic acid groups (broad SMARTS) is 1. The van der Waals surface area contributed by atoms with Crippen LogP contribution in [0, 0.1) is 0 Å². The Hall–Kier alpha value is -1.71. The molecule has 0 saturated carbocycles. The molecule has 0 atom stereocenters. The largest absolute Gasteiger partial charge is 0.481 e. The van der Waals surface area contributed by atoms with Crippen LogP contribution in [0.15, 0.2) is 24.3 Å². The number of unbranched alkanes of at least 4 members (excludes halogenated alkanes) is 3. The third-order valence-electron chi connectivity index (χ3n) is 2.59. The molecule has 0 aliphatic carbocycles. The van der Waals surface area contributed by atoms with Gasteiger partial charge in [0.05, 0.1) is 11.4 Å². The highest BCUT2D eigenvalue weighted by Crippen LogP contribution is 2.16. The van der Waals surface area contributed by atoms with Gasteiger partial charge in [-0.25, -0.2) is 0 Å². The van der Waals surface area contributed by atoms with Crippen LogP contribution in [0.2, 0.25) is 0 Å². The first-order valence-electron chi connectivity index (χ1n) is 6.00. The molecule has 0 spiro atoms. The summed E-state index contributed by atoms with van der Waals surface area (Å²) in [5.41, 5.74) is 7.52. The third kappa shape index (κ3) is 5.80. The maximum absolute atomic E-state index is 10.3. The standard InChI is InChI=1S/C13H20N2O2/c14-11-7-4-5-8-12(11)15-10-6-2-1-3-9-13(16)17/h4-5,7-8,15H,1-3,6,9-10,14H2,(H,16,17). The van der Waals surface area contributed by atoms with E-state index in [1.807, 2.05) is 24.3 Å². The van der Waals surface area contributed by atoms with Crippen molar-refractivity contribution in [3.8, 4) is 0 Å². The molecular formula is C13H20N2O2. The lowest BCUT2D eigenvalue weighted by Crippen LogP contribution is -2.04. The highest BCUT2D eigenvalue weighted by Gasteiger charge is 1.98. The second-order valence-corrected chi connectivity index (χ2v) is 4.07. The molecule has 1 aromatic rings. The van der Waals surface area contributed by atoms with Crippen molar-refractivity contribution in [3.05, 3.63) is 24.3 Å². The SMILES string of the molecule is Nc1ccccc1NCCCCCCC(=O)O. The average molecular weight is 236 g/mol. The van der Waals surface area contributed by atoms with E-state index in [9.17, 15) is 4.79 Å². The molecule has 0 aliphatic heterocycles. The van der Waals surface area contributed by atoms with Crippen LogP contribution in [-0.4, -0.2) is 17.6 Å². The molecule has 1 rings (SSSR count). The number of rotatable bonds is 8. The molecule has 0 aromatic heterocycles. The van der Waals surface area contributed by atoms with Gasteiger partial charge in [-0.05, 0) is 25.0 Å². The Morgan fingerprint density at radius 2 is 1.88 bits per heavy atom. The summed E-state index contributed by atoms with van der Waals surface area (Å²) in [7, 11) is 0. The van der Waals surface area contributed by atoms with Crippen molar-refractivity contribution in [2.75, 3.05) is 17.6 Å². The summed E-state index contributed by atoms with van der Waals surface area (Å²) in [4.78, 5) is 10.3. The van der Waals surface area contributed by atoms with E-state index in [-0.39, 0.29) is 6.42 Å². The monoisotopic (exact) mass is 236 g/mol. The van der Waals surface area contributed by atoms with Crippen molar-refractivity contribution in [1.29, 1.82) is 0 Å². The van der Waals surface area contributed by atoms with Gasteiger partial charge in [-0.3, -0.25) is 4.79 Å². The Morgan fingerprint density at radius 3 is 2.59 bits per heavy atom. The van der Waals surface area contributed by atoms with Gasteiger partial charge in [0.2, 0.25) is 0 Å². The average Bonchev–Trinajstić information content (AvgIpc) is 2.30. The number of nitrogens with one attached hydrogen (secondary N) is 1. The lowest BCUT2D eigenvalue weighted by Gasteiger charge is -2.08. The number of benzene rings is 1. The summed E-state index contributed by atoms with van der Waals surface area (Å²) in [6.45, 7) is 0.876. The normalized spacial score (nSPS) is 10.1. The first-order valence-corrected chi connectivity index (χ1v) is 6.00. The van der Waals surface area contributed by atoms with Crippen LogP contribution in [0.4, 0.5) is 11.4 Å². The molecule has 0 heterocycles. The first kappa shape index (κ1) is 13.4. The molecule has 0 amide bonds. The van der Waals surface area contributed by atoms with Crippen molar-refractivity contribution < 1.29 is 9.90 Å². The molecule has 1 aromatic carbocycles. The van der Waals surface area contributed by atoms with Gasteiger partial charge in [0.1, 0.15) is 0 Å². The second-order valence-electron chi connectivity index (χ2n) is 4.07. The van der Waals surface area contributed by atoms with Crippen LogP contribution in [-0.2, 0) is 4.79 Å². The van der Waals surface area contributed by atoms with E-state index < -0.39 is 5.97 Å². The Labute approximate surface area is 102 Å². The van der Waals surface area contributed by atoms with Gasteiger partial charge in [-0.1, -0.05) is 25.0 Å². The highest BCUT2D eigenvalue weighted by atomic mass is 16.4. The van der Waals surface area contributed by atoms with Gasteiger partial charge < -0.3 is 16.2 Å². The van der Waals surface area contributed by atoms with E-state index >= 15 is 0 Å². The zero-order valence-electron chi connectivity index (χ0n) is 9.98. The van der Waals surface area contributed by atoms with E-state index in [4.69, 9.17) is 10.8 Å². The van der Waals surface area contributed by atoms with Gasteiger partial charge in [-0.2, -0.15) is 0 Å². The number of para-hydroxylation sites is 2. The van der Waals surface area contributed by atoms with Gasteiger partial charge in [0.15, 0.2) is 0 Å². The fourth-order valence-corrected chi connectivity index (χ4v) is 1.64. The Morgan fingerprint density at radius 1 is 1.18 bits per heavy atom. The summed E-state index contributed by atoms with van der Waals surface area (Å²) in [5.74, 6) is -0.708. The van der Waals surface area contributed by atoms with Crippen LogP contribution in [0.5, 0.6) is 0 Å². The number of aliphatic carboxylic acids is 1. The smallest absolute Gasteiger partial charge is 0.303 e. The van der Waals surface area contributed by atoms with Gasteiger partial charge in [0.25, 0.3) is 0 Å². The van der Waals surface area contributed by atoms with Crippen LogP contribution < -0.4 is 11.1 Å². The third-order valence-corrected chi connectivity index (χ3v) is 2.59. The van der Waals surface area contributed by atoms with Gasteiger partial charge in [0, 0.05) is 13.0 Å². The Bertz CT molecular complexity index is 353. The molecule has 4 N–H and O–H groups in total. The zero-order chi connectivity index (χ0) is 12.5. The number of nitrogen functional groups attached to an aromatic ring is 1. The van der Waals surface area contributed by atoms with Gasteiger partial charge in [-0.15, -0.1) is 0 Å². The second kappa shape index (κ2) is 7.54. The molecule has 0 bridgehead atoms. The molecule has 4 heteroatoms. The van der Waals surface area contributed by atoms with Crippen molar-refractivity contribution in [2.45, 2.75) is 32.1 Å². The molecule has 17 heavy (non-hydrogen) atoms. The number of hydrogen-bond donors (Lipinski definition) is 3. The molecule has 4 nitrogen and oxygen atoms in total. The van der Waals surface area contributed by atoms with Crippen LogP contribution in [0.25, 0.3) is 0 Å². The number of hydrogen-bond acceptors (Lipinski definition) is 3. The number of carbonyl (C=O) groups is 1. The fourth-order valence-electron chi connectivity index (χ4n) is 1.64. The summed E-state index contributed by atoms with van der Waals surface area (Å²) in [5, 5.41) is 11.7. The number of carboxylic acids is 1. The zero-order valence-corrected chi connectivity index (χ0v) is 9.98. The summed E-state index contributed by atoms with van der Waals surface area (Å²) in [6.07, 6.45) is 4.10. The van der Waals surface area contributed by atoms with Crippen molar-refractivity contribution in [1.82, 2.24) is 0 Å². The topological polar surface area (TPSA) is 75.3 Å². The molecule has 0 aliphatic rings. The summed E-state index contributed by atoms with van der Waals surface area (Å²) >= 11 is 0. The molecule has 0 fully saturated rings. The lowest BCUT2D eigenvalue weighted by atomic mass is 10.1. The minimum Gasteiger partial charge on any atom is -0.481 e. The van der Waals surface area contributed by atoms with Crippen molar-refractivity contribution >= 4 is 17.3 Å². The lowest BCUT2D eigenvalue weighted by molar-refractivity contribution is -0.137. The molecule has 0 radical (unpaired) electrons. The Balaban J connectivity index is 2.05. The van der Waals surface area contributed by atoms with E-state index in [0.717, 1.165) is 43.6 Å². The van der Waals surface area contributed by atoms with E-state index in [1.165, 1.54) is 0 Å². The Kier molecular flexibility index (Phi) is 5.93. The maximum Gasteiger partial charge on any atom is 0.303 e. The van der Waals surface area contributed by atoms with Crippen LogP contribution >= 0.6 is 0 Å². The number of nitrogens with two attached hydrogens (primary N) is 1. The first-order chi connectivity index (χ1) is 8.20. The minimum absolute atomic E-state index is 0.277. The van der Waals surface area contributed by atoms with E-state index in [2.05, 4.69) is 5.32 Å². The van der Waals surface area contributed by atoms with Gasteiger partial charge >= 0.3 is 5.97 Å². The predicted molar refractivity (Wildman–Crippen MR) is 70.1 cm³/mol. The summed E-state index contributed by atoms with van der Waals surface area (Å²) in [6, 6.07) is 7.69. The predicted octanol–water partition coefficient (Wildman–Crippen LogP) is 2.72. The van der Waals surface area contributed by atoms with E-state index in [1.54, 1.807) is 0 Å². The molecule has 0 saturated heterocycles. The van der Waals surface area contributed by atoms with Crippen molar-refractivity contribution in [2.24, 2.45) is 0 Å². The van der Waals surface area contributed by atoms with Crippen LogP contribution in [0.1, 0.15) is 32.1 Å².